The summed E-state index contributed by atoms with van der Waals surface area (Å²) in [4.78, 5) is 43.4. The van der Waals surface area contributed by atoms with Crippen LogP contribution in [0.1, 0.15) is 42.2 Å². The van der Waals surface area contributed by atoms with Crippen molar-refractivity contribution in [1.29, 1.82) is 0 Å². The number of fused-ring (bicyclic) bond motifs is 1. The van der Waals surface area contributed by atoms with Crippen LogP contribution in [0.4, 0.5) is 5.13 Å². The largest absolute Gasteiger partial charge is 0.462 e. The van der Waals surface area contributed by atoms with Crippen molar-refractivity contribution in [3.63, 3.8) is 0 Å². The monoisotopic (exact) mass is 437 g/mol. The molecular formula is C23H23N3O4S. The number of esters is 1. The highest BCUT2D eigenvalue weighted by Crippen LogP contribution is 2.31. The Morgan fingerprint density at radius 3 is 2.77 bits per heavy atom. The van der Waals surface area contributed by atoms with Crippen molar-refractivity contribution < 1.29 is 19.1 Å². The van der Waals surface area contributed by atoms with Crippen LogP contribution < -0.4 is 5.32 Å². The Balaban J connectivity index is 1.44. The third kappa shape index (κ3) is 4.44. The molecule has 1 aromatic heterocycles. The van der Waals surface area contributed by atoms with Gasteiger partial charge in [-0.15, -0.1) is 0 Å². The van der Waals surface area contributed by atoms with Crippen LogP contribution in [-0.2, 0) is 14.3 Å². The number of carbonyl (C=O) groups excluding carboxylic acids is 3. The predicted octanol–water partition coefficient (Wildman–Crippen LogP) is 4.02. The molecule has 3 aromatic rings. The van der Waals surface area contributed by atoms with Crippen LogP contribution in [0.2, 0.25) is 0 Å². The summed E-state index contributed by atoms with van der Waals surface area (Å²) in [5.74, 6) is -1.07. The molecule has 0 radical (unpaired) electrons. The molecule has 0 spiro atoms. The van der Waals surface area contributed by atoms with Gasteiger partial charge in [-0.2, -0.15) is 0 Å². The van der Waals surface area contributed by atoms with E-state index in [4.69, 9.17) is 4.74 Å². The molecular weight excluding hydrogens is 414 g/mol. The van der Waals surface area contributed by atoms with Crippen molar-refractivity contribution in [2.75, 3.05) is 18.5 Å². The highest BCUT2D eigenvalue weighted by atomic mass is 32.1. The molecule has 2 unspecified atom stereocenters. The second kappa shape index (κ2) is 8.85. The zero-order valence-corrected chi connectivity index (χ0v) is 18.1. The number of carbonyl (C=O) groups is 3. The van der Waals surface area contributed by atoms with E-state index in [0.717, 1.165) is 10.3 Å². The van der Waals surface area contributed by atoms with E-state index < -0.39 is 5.92 Å². The van der Waals surface area contributed by atoms with Crippen LogP contribution in [0.25, 0.3) is 10.2 Å². The second-order valence-electron chi connectivity index (χ2n) is 7.45. The summed E-state index contributed by atoms with van der Waals surface area (Å²) in [6, 6.07) is 14.8. The average molecular weight is 438 g/mol. The highest BCUT2D eigenvalue weighted by Gasteiger charge is 2.37. The van der Waals surface area contributed by atoms with Gasteiger partial charge in [0.2, 0.25) is 11.8 Å². The second-order valence-corrected chi connectivity index (χ2v) is 8.48. The molecule has 1 fully saturated rings. The van der Waals surface area contributed by atoms with Crippen molar-refractivity contribution in [2.24, 2.45) is 5.92 Å². The Morgan fingerprint density at radius 2 is 2.03 bits per heavy atom. The molecule has 1 aliphatic rings. The fourth-order valence-electron chi connectivity index (χ4n) is 3.72. The summed E-state index contributed by atoms with van der Waals surface area (Å²) in [5, 5.41) is 3.29. The Labute approximate surface area is 184 Å². The van der Waals surface area contributed by atoms with Crippen LogP contribution in [0.3, 0.4) is 0 Å². The number of anilines is 1. The number of benzene rings is 2. The number of aromatic nitrogens is 1. The van der Waals surface area contributed by atoms with Gasteiger partial charge < -0.3 is 15.0 Å². The first-order chi connectivity index (χ1) is 15.0. The molecule has 2 aromatic carbocycles. The SMILES string of the molecule is CCOC(=O)c1ccc2nc(NC(=O)C3CC(=O)N(C(C)c4ccccc4)C3)sc2c1. The van der Waals surface area contributed by atoms with Gasteiger partial charge in [0.05, 0.1) is 34.3 Å². The van der Waals surface area contributed by atoms with Crippen LogP contribution in [-0.4, -0.2) is 40.8 Å². The van der Waals surface area contributed by atoms with Crippen LogP contribution in [0.5, 0.6) is 0 Å². The lowest BCUT2D eigenvalue weighted by atomic mass is 10.1. The van der Waals surface area contributed by atoms with E-state index in [1.54, 1.807) is 30.0 Å². The molecule has 2 amide bonds. The summed E-state index contributed by atoms with van der Waals surface area (Å²) in [6.07, 6.45) is 0.181. The van der Waals surface area contributed by atoms with E-state index >= 15 is 0 Å². The molecule has 8 heteroatoms. The lowest BCUT2D eigenvalue weighted by Crippen LogP contribution is -2.30. The molecule has 0 aliphatic carbocycles. The summed E-state index contributed by atoms with van der Waals surface area (Å²) >= 11 is 1.29. The van der Waals surface area contributed by atoms with Gasteiger partial charge in [0.1, 0.15) is 0 Å². The summed E-state index contributed by atoms with van der Waals surface area (Å²) in [5.41, 5.74) is 2.18. The lowest BCUT2D eigenvalue weighted by molar-refractivity contribution is -0.129. The van der Waals surface area contributed by atoms with Gasteiger partial charge in [0.15, 0.2) is 5.13 Å². The molecule has 2 atom stereocenters. The zero-order valence-electron chi connectivity index (χ0n) is 17.3. The first-order valence-electron chi connectivity index (χ1n) is 10.2. The topological polar surface area (TPSA) is 88.6 Å². The van der Waals surface area contributed by atoms with E-state index in [2.05, 4.69) is 10.3 Å². The van der Waals surface area contributed by atoms with Crippen molar-refractivity contribution >= 4 is 44.5 Å². The summed E-state index contributed by atoms with van der Waals surface area (Å²) < 4.78 is 5.81. The van der Waals surface area contributed by atoms with Gasteiger partial charge in [0.25, 0.3) is 0 Å². The van der Waals surface area contributed by atoms with Crippen molar-refractivity contribution in [1.82, 2.24) is 9.88 Å². The van der Waals surface area contributed by atoms with Crippen LogP contribution >= 0.6 is 11.3 Å². The Bertz CT molecular complexity index is 1130. The van der Waals surface area contributed by atoms with E-state index in [1.165, 1.54) is 11.3 Å². The standard InChI is InChI=1S/C23H23N3O4S/c1-3-30-22(29)16-9-10-18-19(11-16)31-23(24-18)25-21(28)17-12-20(27)26(13-17)14(2)15-7-5-4-6-8-15/h4-11,14,17H,3,12-13H2,1-2H3,(H,24,25,28). The quantitative estimate of drug-likeness (QED) is 0.589. The maximum atomic E-state index is 12.8. The maximum Gasteiger partial charge on any atom is 0.338 e. The molecule has 4 rings (SSSR count). The molecule has 160 valence electrons. The van der Waals surface area contributed by atoms with Gasteiger partial charge in [0, 0.05) is 13.0 Å². The lowest BCUT2D eigenvalue weighted by Gasteiger charge is -2.25. The molecule has 1 N–H and O–H groups in total. The van der Waals surface area contributed by atoms with Crippen molar-refractivity contribution in [3.8, 4) is 0 Å². The number of likely N-dealkylation sites (tertiary alicyclic amines) is 1. The number of nitrogens with zero attached hydrogens (tertiary/aromatic N) is 2. The number of ether oxygens (including phenoxy) is 1. The third-order valence-corrected chi connectivity index (χ3v) is 6.34. The highest BCUT2D eigenvalue weighted by molar-refractivity contribution is 7.22. The fraction of sp³-hybridized carbons (Fsp3) is 0.304. The van der Waals surface area contributed by atoms with Gasteiger partial charge >= 0.3 is 5.97 Å². The van der Waals surface area contributed by atoms with E-state index in [0.29, 0.717) is 29.4 Å². The number of hydrogen-bond acceptors (Lipinski definition) is 6. The van der Waals surface area contributed by atoms with Crippen LogP contribution in [0.15, 0.2) is 48.5 Å². The fourth-order valence-corrected chi connectivity index (χ4v) is 4.63. The molecule has 0 bridgehead atoms. The van der Waals surface area contributed by atoms with E-state index in [1.807, 2.05) is 37.3 Å². The first-order valence-corrected chi connectivity index (χ1v) is 11.0. The number of amides is 2. The van der Waals surface area contributed by atoms with Gasteiger partial charge in [-0.1, -0.05) is 41.7 Å². The molecule has 31 heavy (non-hydrogen) atoms. The molecule has 2 heterocycles. The smallest absolute Gasteiger partial charge is 0.338 e. The minimum Gasteiger partial charge on any atom is -0.462 e. The van der Waals surface area contributed by atoms with E-state index in [-0.39, 0.29) is 30.2 Å². The Kier molecular flexibility index (Phi) is 5.99. The molecule has 1 aliphatic heterocycles. The van der Waals surface area contributed by atoms with E-state index in [9.17, 15) is 14.4 Å². The van der Waals surface area contributed by atoms with Gasteiger partial charge in [-0.05, 0) is 37.6 Å². The van der Waals surface area contributed by atoms with Crippen molar-refractivity contribution in [2.45, 2.75) is 26.3 Å². The minimum atomic E-state index is -0.430. The predicted molar refractivity (Wildman–Crippen MR) is 119 cm³/mol. The molecule has 1 saturated heterocycles. The summed E-state index contributed by atoms with van der Waals surface area (Å²) in [6.45, 7) is 4.41. The zero-order chi connectivity index (χ0) is 22.0. The average Bonchev–Trinajstić information content (AvgIpc) is 3.36. The van der Waals surface area contributed by atoms with Gasteiger partial charge in [-0.25, -0.2) is 9.78 Å². The van der Waals surface area contributed by atoms with Crippen molar-refractivity contribution in [3.05, 3.63) is 59.7 Å². The third-order valence-electron chi connectivity index (χ3n) is 5.41. The number of rotatable bonds is 6. The molecule has 7 nitrogen and oxygen atoms in total. The molecule has 0 saturated carbocycles. The maximum absolute atomic E-state index is 12.8. The first kappa shape index (κ1) is 21.0. The number of hydrogen-bond donors (Lipinski definition) is 1. The van der Waals surface area contributed by atoms with Gasteiger partial charge in [-0.3, -0.25) is 9.59 Å². The number of thiazole rings is 1. The Morgan fingerprint density at radius 1 is 1.26 bits per heavy atom. The number of nitrogens with one attached hydrogen (secondary N) is 1. The Hall–Kier alpha value is -3.26. The minimum absolute atomic E-state index is 0.0279. The van der Waals surface area contributed by atoms with Crippen LogP contribution in [0, 0.1) is 5.92 Å². The summed E-state index contributed by atoms with van der Waals surface area (Å²) in [7, 11) is 0. The normalized spacial score (nSPS) is 17.0.